The van der Waals surface area contributed by atoms with E-state index in [-0.39, 0.29) is 12.4 Å². The summed E-state index contributed by atoms with van der Waals surface area (Å²) in [5, 5.41) is 8.68. The monoisotopic (exact) mass is 382 g/mol. The molecule has 0 aliphatic heterocycles. The van der Waals surface area contributed by atoms with E-state index in [9.17, 15) is 9.59 Å². The first-order valence-electron chi connectivity index (χ1n) is 8.22. The summed E-state index contributed by atoms with van der Waals surface area (Å²) in [6.07, 6.45) is 6.67. The highest BCUT2D eigenvalue weighted by Gasteiger charge is 2.09. The molecule has 0 aliphatic rings. The van der Waals surface area contributed by atoms with Gasteiger partial charge < -0.3 is 9.47 Å². The molecule has 0 spiro atoms. The fourth-order valence-electron chi connectivity index (χ4n) is 2.28. The molecule has 0 bridgehead atoms. The van der Waals surface area contributed by atoms with Crippen LogP contribution in [-0.4, -0.2) is 45.4 Å². The number of rotatable bonds is 6. The average Bonchev–Trinajstić information content (AvgIpc) is 3.10. The highest BCUT2D eigenvalue weighted by Crippen LogP contribution is 2.25. The van der Waals surface area contributed by atoms with E-state index >= 15 is 0 Å². The Kier molecular flexibility index (Phi) is 5.92. The molecular formula is C18H18N6O4. The molecule has 0 saturated heterocycles. The average molecular weight is 382 g/mol. The van der Waals surface area contributed by atoms with Crippen LogP contribution in [0.3, 0.4) is 0 Å². The smallest absolute Gasteiger partial charge is 0.327 e. The van der Waals surface area contributed by atoms with Gasteiger partial charge in [-0.25, -0.2) is 9.78 Å². The fraction of sp³-hybridized carbons (Fsp3) is 0.167. The van der Waals surface area contributed by atoms with Gasteiger partial charge >= 0.3 is 6.03 Å². The van der Waals surface area contributed by atoms with Crippen LogP contribution in [0.5, 0.6) is 11.5 Å². The first kappa shape index (κ1) is 19.0. The van der Waals surface area contributed by atoms with Crippen molar-refractivity contribution >= 4 is 17.8 Å². The lowest BCUT2D eigenvalue weighted by molar-refractivity contribution is -0.123. The zero-order valence-corrected chi connectivity index (χ0v) is 15.2. The van der Waals surface area contributed by atoms with Crippen LogP contribution in [0.2, 0.25) is 0 Å². The first-order chi connectivity index (χ1) is 13.5. The quantitative estimate of drug-likeness (QED) is 0.668. The van der Waals surface area contributed by atoms with E-state index in [4.69, 9.17) is 4.74 Å². The van der Waals surface area contributed by atoms with Crippen LogP contribution in [0.4, 0.5) is 10.6 Å². The number of urea groups is 1. The number of anilines is 1. The molecule has 3 aromatic heterocycles. The van der Waals surface area contributed by atoms with Gasteiger partial charge in [-0.15, -0.1) is 0 Å². The van der Waals surface area contributed by atoms with Crippen molar-refractivity contribution in [2.75, 3.05) is 19.0 Å². The zero-order valence-electron chi connectivity index (χ0n) is 15.2. The number of carbonyl (C=O) groups is 2. The predicted molar refractivity (Wildman–Crippen MR) is 99.8 cm³/mol. The van der Waals surface area contributed by atoms with Gasteiger partial charge in [0.15, 0.2) is 0 Å². The molecule has 0 saturated carbocycles. The molecule has 3 rings (SSSR count). The van der Waals surface area contributed by atoms with Crippen molar-refractivity contribution in [2.24, 2.45) is 7.05 Å². The van der Waals surface area contributed by atoms with Crippen molar-refractivity contribution in [3.63, 3.8) is 0 Å². The second-order valence-electron chi connectivity index (χ2n) is 5.70. The molecular weight excluding hydrogens is 364 g/mol. The van der Waals surface area contributed by atoms with E-state index in [0.29, 0.717) is 11.5 Å². The second-order valence-corrected chi connectivity index (χ2v) is 5.70. The van der Waals surface area contributed by atoms with Gasteiger partial charge in [-0.3, -0.25) is 25.1 Å². The van der Waals surface area contributed by atoms with E-state index in [1.54, 1.807) is 41.3 Å². The summed E-state index contributed by atoms with van der Waals surface area (Å²) in [7, 11) is 3.19. The number of aromatic nitrogens is 4. The molecule has 0 fully saturated rings. The molecule has 0 aliphatic carbocycles. The molecule has 28 heavy (non-hydrogen) atoms. The van der Waals surface area contributed by atoms with Crippen LogP contribution >= 0.6 is 0 Å². The molecule has 3 heterocycles. The van der Waals surface area contributed by atoms with Crippen molar-refractivity contribution in [1.29, 1.82) is 0 Å². The van der Waals surface area contributed by atoms with Crippen molar-refractivity contribution < 1.29 is 19.1 Å². The lowest BCUT2D eigenvalue weighted by Crippen LogP contribution is -2.36. The summed E-state index contributed by atoms with van der Waals surface area (Å²) in [4.78, 5) is 31.3. The Balaban J connectivity index is 1.61. The van der Waals surface area contributed by atoms with Gasteiger partial charge in [0.2, 0.25) is 0 Å². The van der Waals surface area contributed by atoms with Crippen molar-refractivity contribution in [2.45, 2.75) is 0 Å². The normalized spacial score (nSPS) is 10.4. The Labute approximate surface area is 160 Å². The molecule has 3 amide bonds. The molecule has 0 radical (unpaired) electrons. The Morgan fingerprint density at radius 2 is 2.00 bits per heavy atom. The maximum atomic E-state index is 11.7. The Hall–Kier alpha value is -3.79. The number of methoxy groups -OCH3 is 1. The lowest BCUT2D eigenvalue weighted by atomic mass is 10.2. The van der Waals surface area contributed by atoms with Crippen LogP contribution in [0.1, 0.15) is 0 Å². The summed E-state index contributed by atoms with van der Waals surface area (Å²) in [5.41, 5.74) is 1.61. The number of imide groups is 1. The summed E-state index contributed by atoms with van der Waals surface area (Å²) in [6, 6.07) is 6.01. The number of hydrogen-bond donors (Lipinski definition) is 2. The van der Waals surface area contributed by atoms with Crippen molar-refractivity contribution in [1.82, 2.24) is 25.1 Å². The number of ether oxygens (including phenoxy) is 2. The van der Waals surface area contributed by atoms with E-state index in [0.717, 1.165) is 11.3 Å². The Morgan fingerprint density at radius 3 is 2.68 bits per heavy atom. The van der Waals surface area contributed by atoms with Crippen LogP contribution in [-0.2, 0) is 16.6 Å². The third-order valence-electron chi connectivity index (χ3n) is 3.47. The van der Waals surface area contributed by atoms with Crippen molar-refractivity contribution in [3.05, 3.63) is 49.1 Å². The number of nitrogens with one attached hydrogen (secondary N) is 2. The standard InChI is InChI=1S/C18H18N6O4/c1-24-10-12(8-21-24)15-7-13(5-6-19-15)28-14-3-4-16(20-9-14)22-18(26)23-17(25)11-27-2/h3-10H,11H2,1-2H3,(H2,20,22,23,25,26). The van der Waals surface area contributed by atoms with Gasteiger partial charge in [-0.05, 0) is 18.2 Å². The van der Waals surface area contributed by atoms with E-state index in [1.807, 2.05) is 13.2 Å². The minimum Gasteiger partial charge on any atom is -0.456 e. The minimum atomic E-state index is -0.696. The third-order valence-corrected chi connectivity index (χ3v) is 3.47. The largest absolute Gasteiger partial charge is 0.456 e. The SMILES string of the molecule is COCC(=O)NC(=O)Nc1ccc(Oc2ccnc(-c3cnn(C)c3)c2)cn1. The topological polar surface area (TPSA) is 120 Å². The number of nitrogens with zero attached hydrogens (tertiary/aromatic N) is 4. The van der Waals surface area contributed by atoms with E-state index in [1.165, 1.54) is 13.3 Å². The molecule has 144 valence electrons. The first-order valence-corrected chi connectivity index (χ1v) is 8.22. The molecule has 10 heteroatoms. The fourth-order valence-corrected chi connectivity index (χ4v) is 2.28. The van der Waals surface area contributed by atoms with Gasteiger partial charge in [0, 0.05) is 38.2 Å². The summed E-state index contributed by atoms with van der Waals surface area (Å²) < 4.78 is 12.1. The predicted octanol–water partition coefficient (Wildman–Crippen LogP) is 1.96. The molecule has 2 N–H and O–H groups in total. The number of pyridine rings is 2. The van der Waals surface area contributed by atoms with Crippen LogP contribution in [0.15, 0.2) is 49.1 Å². The van der Waals surface area contributed by atoms with Crippen LogP contribution in [0.25, 0.3) is 11.3 Å². The Bertz CT molecular complexity index is 970. The molecule has 0 atom stereocenters. The number of aryl methyl sites for hydroxylation is 1. The molecule has 3 aromatic rings. The van der Waals surface area contributed by atoms with Crippen molar-refractivity contribution in [3.8, 4) is 22.8 Å². The van der Waals surface area contributed by atoms with Crippen LogP contribution in [0, 0.1) is 0 Å². The lowest BCUT2D eigenvalue weighted by Gasteiger charge is -2.08. The van der Waals surface area contributed by atoms with Gasteiger partial charge in [-0.2, -0.15) is 5.10 Å². The number of amides is 3. The van der Waals surface area contributed by atoms with Gasteiger partial charge in [0.1, 0.15) is 23.9 Å². The van der Waals surface area contributed by atoms with E-state index < -0.39 is 11.9 Å². The Morgan fingerprint density at radius 1 is 1.14 bits per heavy atom. The number of hydrogen-bond acceptors (Lipinski definition) is 7. The highest BCUT2D eigenvalue weighted by atomic mass is 16.5. The molecule has 0 unspecified atom stereocenters. The summed E-state index contributed by atoms with van der Waals surface area (Å²) in [6.45, 7) is -0.208. The maximum absolute atomic E-state index is 11.7. The van der Waals surface area contributed by atoms with Gasteiger partial charge in [0.05, 0.1) is 18.1 Å². The van der Waals surface area contributed by atoms with Crippen LogP contribution < -0.4 is 15.4 Å². The molecule has 0 aromatic carbocycles. The summed E-state index contributed by atoms with van der Waals surface area (Å²) in [5.74, 6) is 0.770. The minimum absolute atomic E-state index is 0.208. The summed E-state index contributed by atoms with van der Waals surface area (Å²) >= 11 is 0. The van der Waals surface area contributed by atoms with Gasteiger partial charge in [-0.1, -0.05) is 0 Å². The third kappa shape index (κ3) is 5.11. The zero-order chi connectivity index (χ0) is 19.9. The number of carbonyl (C=O) groups excluding carboxylic acids is 2. The van der Waals surface area contributed by atoms with E-state index in [2.05, 4.69) is 30.4 Å². The van der Waals surface area contributed by atoms with Gasteiger partial charge in [0.25, 0.3) is 5.91 Å². The molecule has 10 nitrogen and oxygen atoms in total. The highest BCUT2D eigenvalue weighted by molar-refractivity contribution is 6.01. The maximum Gasteiger partial charge on any atom is 0.327 e. The second kappa shape index (κ2) is 8.73.